The lowest BCUT2D eigenvalue weighted by atomic mass is 10.1. The number of hydrogen-bond donors (Lipinski definition) is 0. The van der Waals surface area contributed by atoms with E-state index in [0.717, 1.165) is 31.1 Å². The third-order valence-corrected chi connectivity index (χ3v) is 3.99. The Bertz CT molecular complexity index is 237. The Morgan fingerprint density at radius 2 is 1.94 bits per heavy atom. The van der Waals surface area contributed by atoms with Crippen LogP contribution in [0.15, 0.2) is 0 Å². The fraction of sp³-hybridized carbons (Fsp3) is 0.929. The van der Waals surface area contributed by atoms with E-state index in [-0.39, 0.29) is 0 Å². The predicted octanol–water partition coefficient (Wildman–Crippen LogP) is 3.46. The molecule has 3 unspecified atom stereocenters. The van der Waals surface area contributed by atoms with E-state index in [1.165, 1.54) is 6.42 Å². The number of piperidine rings is 1. The molecule has 1 aliphatic carbocycles. The molecule has 2 fully saturated rings. The average Bonchev–Trinajstić information content (AvgIpc) is 2.79. The Morgan fingerprint density at radius 1 is 1.31 bits per heavy atom. The monoisotopic (exact) mass is 225 g/mol. The van der Waals surface area contributed by atoms with Crippen LogP contribution in [0.25, 0.3) is 0 Å². The largest absolute Gasteiger partial charge is 0.336 e. The van der Waals surface area contributed by atoms with E-state index in [1.54, 1.807) is 0 Å². The molecule has 0 radical (unpaired) electrons. The van der Waals surface area contributed by atoms with Crippen molar-refractivity contribution in [2.24, 2.45) is 11.8 Å². The molecule has 0 aromatic carbocycles. The Labute approximate surface area is 100 Å². The molecule has 0 aromatic heterocycles. The normalized spacial score (nSPS) is 35.2. The molecule has 2 nitrogen and oxygen atoms in total. The van der Waals surface area contributed by atoms with Crippen LogP contribution in [0, 0.1) is 11.8 Å². The van der Waals surface area contributed by atoms with Crippen molar-refractivity contribution in [3.05, 3.63) is 0 Å². The molecule has 1 aliphatic heterocycles. The minimum absolute atomic E-state index is 0.399. The fourth-order valence-electron chi connectivity index (χ4n) is 3.08. The van der Waals surface area contributed by atoms with Crippen molar-refractivity contribution in [2.45, 2.75) is 72.4 Å². The molecule has 2 aliphatic rings. The summed E-state index contributed by atoms with van der Waals surface area (Å²) in [6.07, 6.45) is 4.12. The van der Waals surface area contributed by atoms with Gasteiger partial charge in [-0.1, -0.05) is 34.6 Å². The van der Waals surface area contributed by atoms with E-state index in [1.807, 2.05) is 13.8 Å². The van der Waals surface area contributed by atoms with Crippen LogP contribution in [0.4, 0.5) is 0 Å². The summed E-state index contributed by atoms with van der Waals surface area (Å²) in [5.74, 6) is 2.01. The van der Waals surface area contributed by atoms with Crippen LogP contribution in [-0.2, 0) is 4.79 Å². The summed E-state index contributed by atoms with van der Waals surface area (Å²) in [7, 11) is 0. The fourth-order valence-corrected chi connectivity index (χ4v) is 3.08. The van der Waals surface area contributed by atoms with Crippen LogP contribution >= 0.6 is 0 Å². The number of rotatable bonds is 3. The van der Waals surface area contributed by atoms with E-state index in [2.05, 4.69) is 25.7 Å². The number of likely N-dealkylation sites (tertiary alicyclic amines) is 1. The molecule has 2 rings (SSSR count). The summed E-state index contributed by atoms with van der Waals surface area (Å²) in [5.41, 5.74) is 0. The van der Waals surface area contributed by atoms with Crippen LogP contribution in [0.1, 0.15) is 60.3 Å². The second-order valence-electron chi connectivity index (χ2n) is 4.86. The van der Waals surface area contributed by atoms with Gasteiger partial charge in [0.05, 0.1) is 0 Å². The second-order valence-corrected chi connectivity index (χ2v) is 4.86. The van der Waals surface area contributed by atoms with Gasteiger partial charge in [0.15, 0.2) is 0 Å². The number of amides is 1. The van der Waals surface area contributed by atoms with E-state index in [0.29, 0.717) is 18.0 Å². The van der Waals surface area contributed by atoms with Crippen molar-refractivity contribution in [1.82, 2.24) is 4.90 Å². The first kappa shape index (κ1) is 13.5. The van der Waals surface area contributed by atoms with Gasteiger partial charge < -0.3 is 4.90 Å². The molecule has 2 heteroatoms. The summed E-state index contributed by atoms with van der Waals surface area (Å²) in [4.78, 5) is 14.1. The summed E-state index contributed by atoms with van der Waals surface area (Å²) in [5, 5.41) is 0. The van der Waals surface area contributed by atoms with Gasteiger partial charge in [-0.2, -0.15) is 0 Å². The van der Waals surface area contributed by atoms with Gasteiger partial charge in [0, 0.05) is 18.5 Å². The highest BCUT2D eigenvalue weighted by Crippen LogP contribution is 2.53. The minimum Gasteiger partial charge on any atom is -0.336 e. The number of hydrogen-bond acceptors (Lipinski definition) is 1. The quantitative estimate of drug-likeness (QED) is 0.720. The topological polar surface area (TPSA) is 20.3 Å². The lowest BCUT2D eigenvalue weighted by molar-refractivity contribution is -0.133. The van der Waals surface area contributed by atoms with Crippen molar-refractivity contribution in [1.29, 1.82) is 0 Å². The van der Waals surface area contributed by atoms with E-state index in [9.17, 15) is 4.79 Å². The lowest BCUT2D eigenvalue weighted by Crippen LogP contribution is -2.39. The maximum atomic E-state index is 11.9. The van der Waals surface area contributed by atoms with Gasteiger partial charge >= 0.3 is 0 Å². The molecule has 0 aromatic rings. The van der Waals surface area contributed by atoms with Crippen LogP contribution in [-0.4, -0.2) is 22.9 Å². The van der Waals surface area contributed by atoms with Crippen molar-refractivity contribution in [3.8, 4) is 0 Å². The molecule has 1 saturated carbocycles. The van der Waals surface area contributed by atoms with Gasteiger partial charge in [0.2, 0.25) is 5.91 Å². The number of nitrogens with zero attached hydrogens (tertiary/aromatic N) is 1. The smallest absolute Gasteiger partial charge is 0.223 e. The zero-order chi connectivity index (χ0) is 12.3. The highest BCUT2D eigenvalue weighted by molar-refractivity contribution is 5.78. The van der Waals surface area contributed by atoms with E-state index < -0.39 is 0 Å². The van der Waals surface area contributed by atoms with Crippen LogP contribution in [0.2, 0.25) is 0 Å². The molecular formula is C14H27NO. The average molecular weight is 225 g/mol. The first-order chi connectivity index (χ1) is 7.70. The first-order valence-corrected chi connectivity index (χ1v) is 7.01. The highest BCUT2D eigenvalue weighted by Gasteiger charge is 2.58. The van der Waals surface area contributed by atoms with Gasteiger partial charge in [0.1, 0.15) is 0 Å². The van der Waals surface area contributed by atoms with Gasteiger partial charge in [0.25, 0.3) is 0 Å². The zero-order valence-corrected chi connectivity index (χ0v) is 11.5. The molecule has 4 atom stereocenters. The third kappa shape index (κ3) is 2.26. The number of fused-ring (bicyclic) bond motifs is 1. The van der Waals surface area contributed by atoms with Gasteiger partial charge in [-0.05, 0) is 31.1 Å². The summed E-state index contributed by atoms with van der Waals surface area (Å²) in [6.45, 7) is 10.6. The van der Waals surface area contributed by atoms with Gasteiger partial charge in [-0.25, -0.2) is 0 Å². The first-order valence-electron chi connectivity index (χ1n) is 7.01. The Kier molecular flexibility index (Phi) is 4.82. The Balaban J connectivity index is 0.000000606. The van der Waals surface area contributed by atoms with Crippen LogP contribution in [0.3, 0.4) is 0 Å². The SMILES string of the molecule is CC.CCCC(=O)N1C2C(C)C2C[C@H]1CC. The molecule has 1 saturated heterocycles. The third-order valence-electron chi connectivity index (χ3n) is 3.99. The van der Waals surface area contributed by atoms with Gasteiger partial charge in [-0.3, -0.25) is 4.79 Å². The van der Waals surface area contributed by atoms with E-state index in [4.69, 9.17) is 0 Å². The lowest BCUT2D eigenvalue weighted by Gasteiger charge is -2.27. The standard InChI is InChI=1S/C12H21NO.C2H6/c1-4-6-11(14)13-9(5-2)7-10-8(3)12(10)13;1-2/h8-10,12H,4-7H2,1-3H3;1-2H3/t8?,9-,10?,12?;/m1./s1. The molecule has 1 heterocycles. The van der Waals surface area contributed by atoms with E-state index >= 15 is 0 Å². The molecular weight excluding hydrogens is 198 g/mol. The van der Waals surface area contributed by atoms with Crippen molar-refractivity contribution in [2.75, 3.05) is 0 Å². The molecule has 0 N–H and O–H groups in total. The molecule has 0 bridgehead atoms. The van der Waals surface area contributed by atoms with Crippen molar-refractivity contribution < 1.29 is 4.79 Å². The number of carbonyl (C=O) groups excluding carboxylic acids is 1. The summed E-state index contributed by atoms with van der Waals surface area (Å²) in [6, 6.07) is 1.17. The van der Waals surface area contributed by atoms with Crippen LogP contribution in [0.5, 0.6) is 0 Å². The summed E-state index contributed by atoms with van der Waals surface area (Å²) < 4.78 is 0. The molecule has 0 spiro atoms. The molecule has 94 valence electrons. The Morgan fingerprint density at radius 3 is 2.44 bits per heavy atom. The maximum absolute atomic E-state index is 11.9. The highest BCUT2D eigenvalue weighted by atomic mass is 16.2. The van der Waals surface area contributed by atoms with Crippen molar-refractivity contribution in [3.63, 3.8) is 0 Å². The molecule has 1 amide bonds. The number of carbonyl (C=O) groups is 1. The van der Waals surface area contributed by atoms with Crippen molar-refractivity contribution >= 4 is 5.91 Å². The van der Waals surface area contributed by atoms with Crippen LogP contribution < -0.4 is 0 Å². The minimum atomic E-state index is 0.399. The maximum Gasteiger partial charge on any atom is 0.223 e. The Hall–Kier alpha value is -0.530. The second kappa shape index (κ2) is 5.70. The zero-order valence-electron chi connectivity index (χ0n) is 11.5. The molecule has 16 heavy (non-hydrogen) atoms. The predicted molar refractivity (Wildman–Crippen MR) is 68.2 cm³/mol. The van der Waals surface area contributed by atoms with Gasteiger partial charge in [-0.15, -0.1) is 0 Å². The summed E-state index contributed by atoms with van der Waals surface area (Å²) >= 11 is 0.